The lowest BCUT2D eigenvalue weighted by atomic mass is 9.93. The predicted octanol–water partition coefficient (Wildman–Crippen LogP) is 3.23. The molecule has 0 spiro atoms. The maximum absolute atomic E-state index is 12.4. The summed E-state index contributed by atoms with van der Waals surface area (Å²) in [6.45, 7) is 10.6. The molecule has 0 aromatic heterocycles. The van der Waals surface area contributed by atoms with Crippen LogP contribution in [0.15, 0.2) is 0 Å². The highest BCUT2D eigenvalue weighted by Gasteiger charge is 2.39. The molecule has 1 unspecified atom stereocenters. The molecule has 0 aliphatic carbocycles. The summed E-state index contributed by atoms with van der Waals surface area (Å²) in [5.41, 5.74) is 0. The van der Waals surface area contributed by atoms with E-state index in [0.29, 0.717) is 26.1 Å². The molecule has 1 aliphatic heterocycles. The van der Waals surface area contributed by atoms with Crippen molar-refractivity contribution < 1.29 is 23.9 Å². The van der Waals surface area contributed by atoms with Crippen molar-refractivity contribution >= 4 is 17.3 Å². The van der Waals surface area contributed by atoms with Crippen LogP contribution in [0.5, 0.6) is 0 Å². The maximum Gasteiger partial charge on any atom is 0.307 e. The summed E-state index contributed by atoms with van der Waals surface area (Å²) >= 11 is -1.32. The molecular weight excluding hydrogens is 342 g/mol. The van der Waals surface area contributed by atoms with E-state index in [1.54, 1.807) is 6.92 Å². The molecule has 7 heteroatoms. The third kappa shape index (κ3) is 7.43. The number of unbranched alkanes of at least 4 members (excludes halogenated alkanes) is 2. The molecule has 2 N–H and O–H groups in total. The minimum Gasteiger partial charge on any atom is -0.598 e. The summed E-state index contributed by atoms with van der Waals surface area (Å²) < 4.78 is 26.8. The van der Waals surface area contributed by atoms with Gasteiger partial charge in [0.15, 0.2) is 5.79 Å². The van der Waals surface area contributed by atoms with Crippen LogP contribution in [0.1, 0.15) is 73.1 Å². The summed E-state index contributed by atoms with van der Waals surface area (Å²) in [5, 5.41) is 9.40. The SMILES string of the molecule is CCCCCC1(CCC(N[S@@+]([O-])C(C)(C)C)[C@H](C)C(=O)O)OCCO1. The molecule has 25 heavy (non-hydrogen) atoms. The van der Waals surface area contributed by atoms with Gasteiger partial charge in [-0.25, -0.2) is 0 Å². The van der Waals surface area contributed by atoms with Crippen LogP contribution in [-0.4, -0.2) is 45.4 Å². The summed E-state index contributed by atoms with van der Waals surface area (Å²) in [5.74, 6) is -2.15. The van der Waals surface area contributed by atoms with Crippen molar-refractivity contribution in [3.63, 3.8) is 0 Å². The van der Waals surface area contributed by atoms with Crippen LogP contribution in [-0.2, 0) is 25.6 Å². The number of carboxylic acids is 1. The van der Waals surface area contributed by atoms with E-state index in [2.05, 4.69) is 11.6 Å². The largest absolute Gasteiger partial charge is 0.598 e. The monoisotopic (exact) mass is 377 g/mol. The molecular formula is C18H35NO5S. The van der Waals surface area contributed by atoms with Crippen LogP contribution < -0.4 is 4.72 Å². The van der Waals surface area contributed by atoms with Crippen molar-refractivity contribution in [2.45, 2.75) is 89.7 Å². The lowest BCUT2D eigenvalue weighted by Gasteiger charge is -2.32. The number of ether oxygens (including phenoxy) is 2. The summed E-state index contributed by atoms with van der Waals surface area (Å²) in [7, 11) is 0. The number of carboxylic acid groups (broad SMARTS) is 1. The van der Waals surface area contributed by atoms with E-state index in [0.717, 1.165) is 25.7 Å². The number of aliphatic carboxylic acids is 1. The van der Waals surface area contributed by atoms with Crippen LogP contribution in [0.25, 0.3) is 0 Å². The Morgan fingerprint density at radius 1 is 1.28 bits per heavy atom. The molecule has 0 radical (unpaired) electrons. The highest BCUT2D eigenvalue weighted by atomic mass is 32.2. The molecule has 0 bridgehead atoms. The number of carbonyl (C=O) groups is 1. The molecule has 0 saturated carbocycles. The first-order valence-electron chi connectivity index (χ1n) is 9.30. The van der Waals surface area contributed by atoms with Gasteiger partial charge in [0.05, 0.1) is 25.2 Å². The standard InChI is InChI=1S/C18H35NO5S/c1-6-7-8-10-18(23-12-13-24-18)11-9-15(14(2)16(20)21)19-25(22)17(3,4)5/h14-15,19H,6-13H2,1-5H3,(H,20,21)/t14-,15?,25-/m0/s1. The van der Waals surface area contributed by atoms with Crippen molar-refractivity contribution in [2.75, 3.05) is 13.2 Å². The fourth-order valence-corrected chi connectivity index (χ4v) is 3.78. The van der Waals surface area contributed by atoms with Crippen molar-refractivity contribution in [3.05, 3.63) is 0 Å². The summed E-state index contributed by atoms with van der Waals surface area (Å²) in [6, 6.07) is -0.395. The van der Waals surface area contributed by atoms with Gasteiger partial charge in [-0.2, -0.15) is 0 Å². The van der Waals surface area contributed by atoms with Gasteiger partial charge in [0.25, 0.3) is 0 Å². The van der Waals surface area contributed by atoms with Crippen LogP contribution in [0.3, 0.4) is 0 Å². The van der Waals surface area contributed by atoms with Crippen LogP contribution >= 0.6 is 0 Å². The highest BCUT2D eigenvalue weighted by molar-refractivity contribution is 7.90. The van der Waals surface area contributed by atoms with E-state index in [-0.39, 0.29) is 0 Å². The van der Waals surface area contributed by atoms with Gasteiger partial charge in [-0.15, -0.1) is 4.72 Å². The lowest BCUT2D eigenvalue weighted by Crippen LogP contribution is -2.49. The fraction of sp³-hybridized carbons (Fsp3) is 0.944. The third-order valence-electron chi connectivity index (χ3n) is 4.62. The Hall–Kier alpha value is -0.340. The van der Waals surface area contributed by atoms with Gasteiger partial charge in [0, 0.05) is 24.2 Å². The fourth-order valence-electron chi connectivity index (χ4n) is 2.83. The minimum absolute atomic E-state index is 0.395. The van der Waals surface area contributed by atoms with E-state index >= 15 is 0 Å². The van der Waals surface area contributed by atoms with Crippen molar-refractivity contribution in [1.82, 2.24) is 4.72 Å². The average molecular weight is 378 g/mol. The molecule has 0 amide bonds. The van der Waals surface area contributed by atoms with Crippen molar-refractivity contribution in [1.29, 1.82) is 0 Å². The summed E-state index contributed by atoms with van der Waals surface area (Å²) in [4.78, 5) is 11.5. The van der Waals surface area contributed by atoms with Gasteiger partial charge < -0.3 is 19.1 Å². The number of hydrogen-bond acceptors (Lipinski definition) is 5. The molecule has 1 aliphatic rings. The van der Waals surface area contributed by atoms with Crippen LogP contribution in [0.4, 0.5) is 0 Å². The molecule has 0 aromatic rings. The first-order chi connectivity index (χ1) is 11.6. The van der Waals surface area contributed by atoms with Crippen molar-refractivity contribution in [2.24, 2.45) is 5.92 Å². The van der Waals surface area contributed by atoms with E-state index in [1.807, 2.05) is 20.8 Å². The van der Waals surface area contributed by atoms with E-state index < -0.39 is 39.8 Å². The Morgan fingerprint density at radius 2 is 1.88 bits per heavy atom. The van der Waals surface area contributed by atoms with Crippen LogP contribution in [0.2, 0.25) is 0 Å². The van der Waals surface area contributed by atoms with E-state index in [1.165, 1.54) is 0 Å². The Kier molecular flexibility index (Phi) is 9.18. The molecule has 148 valence electrons. The second kappa shape index (κ2) is 10.1. The lowest BCUT2D eigenvalue weighted by molar-refractivity contribution is -0.170. The summed E-state index contributed by atoms with van der Waals surface area (Å²) in [6.07, 6.45) is 5.24. The zero-order valence-corrected chi connectivity index (χ0v) is 17.1. The molecule has 1 fully saturated rings. The average Bonchev–Trinajstić information content (AvgIpc) is 2.99. The molecule has 6 nitrogen and oxygen atoms in total. The third-order valence-corrected chi connectivity index (χ3v) is 6.25. The first kappa shape index (κ1) is 22.7. The maximum atomic E-state index is 12.4. The van der Waals surface area contributed by atoms with Crippen LogP contribution in [0, 0.1) is 5.92 Å². The minimum atomic E-state index is -1.32. The van der Waals surface area contributed by atoms with Gasteiger partial charge >= 0.3 is 5.97 Å². The number of hydrogen-bond donors (Lipinski definition) is 2. The molecule has 1 heterocycles. The van der Waals surface area contributed by atoms with E-state index in [9.17, 15) is 14.5 Å². The Bertz CT molecular complexity index is 407. The quantitative estimate of drug-likeness (QED) is 0.424. The highest BCUT2D eigenvalue weighted by Crippen LogP contribution is 2.32. The van der Waals surface area contributed by atoms with Gasteiger partial charge in [0.1, 0.15) is 4.75 Å². The Morgan fingerprint density at radius 3 is 2.36 bits per heavy atom. The number of nitrogens with one attached hydrogen (secondary N) is 1. The van der Waals surface area contributed by atoms with Gasteiger partial charge in [0.2, 0.25) is 0 Å². The van der Waals surface area contributed by atoms with Gasteiger partial charge in [-0.1, -0.05) is 26.7 Å². The van der Waals surface area contributed by atoms with Gasteiger partial charge in [-0.05, 0) is 33.6 Å². The normalized spacial score (nSPS) is 21.0. The first-order valence-corrected chi connectivity index (χ1v) is 10.4. The second-order valence-corrected chi connectivity index (χ2v) is 9.83. The Labute approximate surface area is 155 Å². The second-order valence-electron chi connectivity index (χ2n) is 7.84. The Balaban J connectivity index is 2.73. The van der Waals surface area contributed by atoms with Gasteiger partial charge in [-0.3, -0.25) is 4.79 Å². The smallest absolute Gasteiger partial charge is 0.307 e. The topological polar surface area (TPSA) is 90.9 Å². The van der Waals surface area contributed by atoms with Crippen molar-refractivity contribution in [3.8, 4) is 0 Å². The molecule has 3 atom stereocenters. The molecule has 1 saturated heterocycles. The number of rotatable bonds is 11. The molecule has 0 aromatic carbocycles. The molecule has 1 rings (SSSR count). The zero-order chi connectivity index (χ0) is 19.1. The predicted molar refractivity (Wildman–Crippen MR) is 99.6 cm³/mol. The zero-order valence-electron chi connectivity index (χ0n) is 16.3. The van der Waals surface area contributed by atoms with E-state index in [4.69, 9.17) is 9.47 Å².